The molecule has 1 nitrogen and oxygen atoms in total. The summed E-state index contributed by atoms with van der Waals surface area (Å²) in [6.45, 7) is 8.40. The van der Waals surface area contributed by atoms with Crippen molar-refractivity contribution in [1.82, 2.24) is 5.32 Å². The van der Waals surface area contributed by atoms with Gasteiger partial charge in [-0.15, -0.1) is 12.4 Å². The molecular formula is C7H16ClN. The van der Waals surface area contributed by atoms with Crippen molar-refractivity contribution in [2.45, 2.75) is 20.8 Å². The van der Waals surface area contributed by atoms with E-state index in [2.05, 4.69) is 32.2 Å². The number of halogens is 1. The molecule has 0 bridgehead atoms. The van der Waals surface area contributed by atoms with Gasteiger partial charge in [-0.1, -0.05) is 18.6 Å². The Hall–Kier alpha value is -0.0100. The summed E-state index contributed by atoms with van der Waals surface area (Å²) in [5, 5.41) is 3.23. The molecule has 0 saturated carbocycles. The van der Waals surface area contributed by atoms with Crippen LogP contribution in [0.2, 0.25) is 0 Å². The maximum Gasteiger partial charge on any atom is 0.0161 e. The highest BCUT2D eigenvalue weighted by Gasteiger charge is 1.81. The molecule has 9 heavy (non-hydrogen) atoms. The second-order valence-corrected chi connectivity index (χ2v) is 1.92. The van der Waals surface area contributed by atoms with Gasteiger partial charge < -0.3 is 5.32 Å². The van der Waals surface area contributed by atoms with Crippen LogP contribution in [0.15, 0.2) is 11.6 Å². The van der Waals surface area contributed by atoms with Crippen LogP contribution in [0.25, 0.3) is 0 Å². The fourth-order valence-corrected chi connectivity index (χ4v) is 0.424. The van der Waals surface area contributed by atoms with Gasteiger partial charge in [-0.25, -0.2) is 0 Å². The molecule has 0 rings (SSSR count). The summed E-state index contributed by atoms with van der Waals surface area (Å²) in [7, 11) is 0. The van der Waals surface area contributed by atoms with Crippen LogP contribution < -0.4 is 5.32 Å². The Morgan fingerprint density at radius 1 is 1.56 bits per heavy atom. The van der Waals surface area contributed by atoms with Gasteiger partial charge in [0.2, 0.25) is 0 Å². The third-order valence-electron chi connectivity index (χ3n) is 1.15. The van der Waals surface area contributed by atoms with E-state index in [4.69, 9.17) is 0 Å². The van der Waals surface area contributed by atoms with Gasteiger partial charge in [0.05, 0.1) is 0 Å². The third kappa shape index (κ3) is 7.99. The largest absolute Gasteiger partial charge is 0.313 e. The minimum Gasteiger partial charge on any atom is -0.313 e. The molecule has 56 valence electrons. The summed E-state index contributed by atoms with van der Waals surface area (Å²) in [4.78, 5) is 0. The fourth-order valence-electron chi connectivity index (χ4n) is 0.424. The van der Waals surface area contributed by atoms with Gasteiger partial charge >= 0.3 is 0 Å². The predicted molar refractivity (Wildman–Crippen MR) is 45.2 cm³/mol. The van der Waals surface area contributed by atoms with Crippen LogP contribution in [0.1, 0.15) is 20.8 Å². The Morgan fingerprint density at radius 2 is 2.11 bits per heavy atom. The van der Waals surface area contributed by atoms with Crippen molar-refractivity contribution in [2.75, 3.05) is 13.1 Å². The van der Waals surface area contributed by atoms with Crippen molar-refractivity contribution in [2.24, 2.45) is 0 Å². The first-order valence-electron chi connectivity index (χ1n) is 3.13. The van der Waals surface area contributed by atoms with Crippen molar-refractivity contribution in [3.8, 4) is 0 Å². The second-order valence-electron chi connectivity index (χ2n) is 1.92. The molecule has 0 aromatic carbocycles. The normalized spacial score (nSPS) is 10.8. The average molecular weight is 150 g/mol. The van der Waals surface area contributed by atoms with Crippen LogP contribution in [0.3, 0.4) is 0 Å². The van der Waals surface area contributed by atoms with Crippen molar-refractivity contribution < 1.29 is 0 Å². The molecule has 0 aliphatic rings. The summed E-state index contributed by atoms with van der Waals surface area (Å²) in [6.07, 6.45) is 2.13. The van der Waals surface area contributed by atoms with Gasteiger partial charge in [-0.3, -0.25) is 0 Å². The van der Waals surface area contributed by atoms with Crippen molar-refractivity contribution in [3.05, 3.63) is 11.6 Å². The summed E-state index contributed by atoms with van der Waals surface area (Å²) in [5.41, 5.74) is 1.41. The van der Waals surface area contributed by atoms with Crippen LogP contribution in [-0.4, -0.2) is 13.1 Å². The van der Waals surface area contributed by atoms with Crippen LogP contribution in [-0.2, 0) is 0 Å². The lowest BCUT2D eigenvalue weighted by atomic mass is 10.3. The van der Waals surface area contributed by atoms with Crippen LogP contribution in [0, 0.1) is 0 Å². The average Bonchev–Trinajstić information content (AvgIpc) is 1.83. The number of likely N-dealkylation sites (N-methyl/N-ethyl adjacent to an activating group) is 1. The van der Waals surface area contributed by atoms with Gasteiger partial charge in [0, 0.05) is 6.54 Å². The first-order chi connectivity index (χ1) is 3.81. The number of allylic oxidation sites excluding steroid dienone is 1. The van der Waals surface area contributed by atoms with E-state index < -0.39 is 0 Å². The Bertz CT molecular complexity index is 79.0. The molecule has 0 fully saturated rings. The zero-order valence-electron chi connectivity index (χ0n) is 6.40. The number of nitrogens with one attached hydrogen (secondary N) is 1. The maximum atomic E-state index is 3.23. The van der Waals surface area contributed by atoms with E-state index in [1.165, 1.54) is 5.57 Å². The monoisotopic (exact) mass is 149 g/mol. The topological polar surface area (TPSA) is 12.0 Å². The number of hydrogen-bond acceptors (Lipinski definition) is 1. The summed E-state index contributed by atoms with van der Waals surface area (Å²) < 4.78 is 0. The van der Waals surface area contributed by atoms with Gasteiger partial charge in [-0.05, 0) is 20.4 Å². The molecule has 0 aliphatic carbocycles. The highest BCUT2D eigenvalue weighted by Crippen LogP contribution is 1.85. The Morgan fingerprint density at radius 3 is 2.44 bits per heavy atom. The molecule has 0 aromatic rings. The van der Waals surface area contributed by atoms with Gasteiger partial charge in [0.15, 0.2) is 0 Å². The lowest BCUT2D eigenvalue weighted by molar-refractivity contribution is 0.775. The minimum atomic E-state index is 0. The highest BCUT2D eigenvalue weighted by atomic mass is 35.5. The van der Waals surface area contributed by atoms with E-state index in [0.717, 1.165) is 13.1 Å². The Balaban J connectivity index is 0. The van der Waals surface area contributed by atoms with E-state index in [0.29, 0.717) is 0 Å². The first kappa shape index (κ1) is 11.7. The molecule has 0 aliphatic heterocycles. The van der Waals surface area contributed by atoms with E-state index in [-0.39, 0.29) is 12.4 Å². The third-order valence-corrected chi connectivity index (χ3v) is 1.15. The second kappa shape index (κ2) is 7.99. The molecule has 0 aromatic heterocycles. The summed E-state index contributed by atoms with van der Waals surface area (Å²) >= 11 is 0. The van der Waals surface area contributed by atoms with Crippen LogP contribution in [0.4, 0.5) is 0 Å². The molecule has 0 amide bonds. The van der Waals surface area contributed by atoms with Gasteiger partial charge in [0.1, 0.15) is 0 Å². The SMILES string of the molecule is C/C=C(\C)CNCC.Cl. The lowest BCUT2D eigenvalue weighted by Gasteiger charge is -1.98. The molecule has 0 radical (unpaired) electrons. The van der Waals surface area contributed by atoms with Gasteiger partial charge in [0.25, 0.3) is 0 Å². The van der Waals surface area contributed by atoms with E-state index >= 15 is 0 Å². The van der Waals surface area contributed by atoms with E-state index in [1.54, 1.807) is 0 Å². The zero-order chi connectivity index (χ0) is 6.41. The van der Waals surface area contributed by atoms with E-state index in [1.807, 2.05) is 0 Å². The van der Waals surface area contributed by atoms with Crippen molar-refractivity contribution >= 4 is 12.4 Å². The van der Waals surface area contributed by atoms with Crippen LogP contribution >= 0.6 is 12.4 Å². The molecule has 0 atom stereocenters. The molecular weight excluding hydrogens is 134 g/mol. The number of hydrogen-bond donors (Lipinski definition) is 1. The minimum absolute atomic E-state index is 0. The lowest BCUT2D eigenvalue weighted by Crippen LogP contribution is -2.14. The first-order valence-corrected chi connectivity index (χ1v) is 3.13. The molecule has 0 unspecified atom stereocenters. The molecule has 0 spiro atoms. The molecule has 0 saturated heterocycles. The Labute approximate surface area is 63.9 Å². The summed E-state index contributed by atoms with van der Waals surface area (Å²) in [5.74, 6) is 0. The molecule has 0 heterocycles. The highest BCUT2D eigenvalue weighted by molar-refractivity contribution is 5.85. The fraction of sp³-hybridized carbons (Fsp3) is 0.714. The summed E-state index contributed by atoms with van der Waals surface area (Å²) in [6, 6.07) is 0. The maximum absolute atomic E-state index is 3.23. The van der Waals surface area contributed by atoms with Crippen molar-refractivity contribution in [3.63, 3.8) is 0 Å². The van der Waals surface area contributed by atoms with Gasteiger partial charge in [-0.2, -0.15) is 0 Å². The standard InChI is InChI=1S/C7H15N.ClH/c1-4-7(3)6-8-5-2;/h4,8H,5-6H2,1-3H3;1H/b7-4+;. The van der Waals surface area contributed by atoms with Crippen molar-refractivity contribution in [1.29, 1.82) is 0 Å². The smallest absolute Gasteiger partial charge is 0.0161 e. The Kier molecular flexibility index (Phi) is 10.4. The predicted octanol–water partition coefficient (Wildman–Crippen LogP) is 1.98. The number of rotatable bonds is 3. The quantitative estimate of drug-likeness (QED) is 0.606. The molecule has 2 heteroatoms. The molecule has 1 N–H and O–H groups in total. The zero-order valence-corrected chi connectivity index (χ0v) is 7.22. The van der Waals surface area contributed by atoms with Crippen LogP contribution in [0.5, 0.6) is 0 Å². The van der Waals surface area contributed by atoms with E-state index in [9.17, 15) is 0 Å².